The molecule has 1 saturated heterocycles. The van der Waals surface area contributed by atoms with E-state index in [0.29, 0.717) is 0 Å². The maximum atomic E-state index is 13.5. The van der Waals surface area contributed by atoms with Crippen molar-refractivity contribution in [3.63, 3.8) is 0 Å². The fraction of sp³-hybridized carbons (Fsp3) is 0.261. The van der Waals surface area contributed by atoms with Gasteiger partial charge >= 0.3 is 0 Å². The van der Waals surface area contributed by atoms with E-state index in [1.807, 2.05) is 35.9 Å². The molecule has 4 aromatic rings. The lowest BCUT2D eigenvalue weighted by molar-refractivity contribution is 0.313. The Bertz CT molecular complexity index is 1230. The molecular weight excluding hydrogens is 334 g/mol. The average Bonchev–Trinajstić information content (AvgIpc) is 2.90. The molecule has 0 radical (unpaired) electrons. The second-order valence-corrected chi connectivity index (χ2v) is 7.53. The highest BCUT2D eigenvalue weighted by Gasteiger charge is 2.19. The Balaban J connectivity index is 1.95. The number of fused-ring (bicyclic) bond motifs is 4. The number of anilines is 1. The number of aromatic nitrogens is 1. The molecule has 4 nitrogen and oxygen atoms in total. The highest BCUT2D eigenvalue weighted by molar-refractivity contribution is 6.12. The third-order valence-electron chi connectivity index (χ3n) is 5.93. The van der Waals surface area contributed by atoms with Crippen LogP contribution >= 0.6 is 0 Å². The van der Waals surface area contributed by atoms with Crippen LogP contribution in [0.4, 0.5) is 5.69 Å². The standard InChI is InChI=1S/C23H23N3O/c1-24-11-13-26(14-12-24)21-15-19-17-8-5-6-10-20(17)25(2)22(19)23(27)18-9-4-3-7-16(18)21/h3-10,15H,11-14H2,1-2H3. The van der Waals surface area contributed by atoms with Crippen molar-refractivity contribution < 1.29 is 0 Å². The van der Waals surface area contributed by atoms with E-state index in [9.17, 15) is 4.79 Å². The first-order valence-electron chi connectivity index (χ1n) is 9.52. The summed E-state index contributed by atoms with van der Waals surface area (Å²) >= 11 is 0. The van der Waals surface area contributed by atoms with Crippen LogP contribution in [0.3, 0.4) is 0 Å². The molecule has 1 aliphatic rings. The van der Waals surface area contributed by atoms with Crippen molar-refractivity contribution in [1.29, 1.82) is 0 Å². The lowest BCUT2D eigenvalue weighted by atomic mass is 10.1. The maximum Gasteiger partial charge on any atom is 0.210 e. The molecule has 0 aliphatic carbocycles. The Hall–Kier alpha value is -2.85. The first-order chi connectivity index (χ1) is 13.1. The van der Waals surface area contributed by atoms with Crippen LogP contribution in [0, 0.1) is 0 Å². The number of hydrogen-bond donors (Lipinski definition) is 0. The zero-order chi connectivity index (χ0) is 18.5. The molecule has 0 unspecified atom stereocenters. The summed E-state index contributed by atoms with van der Waals surface area (Å²) < 4.78 is 2.05. The van der Waals surface area contributed by atoms with E-state index in [-0.39, 0.29) is 5.43 Å². The molecule has 0 saturated carbocycles. The number of likely N-dealkylation sites (N-methyl/N-ethyl adjacent to an activating group) is 1. The fourth-order valence-corrected chi connectivity index (χ4v) is 4.40. The number of nitrogens with zero attached hydrogens (tertiary/aromatic N) is 3. The largest absolute Gasteiger partial charge is 0.368 e. The third kappa shape index (κ3) is 2.44. The van der Waals surface area contributed by atoms with E-state index in [2.05, 4.69) is 47.2 Å². The van der Waals surface area contributed by atoms with Crippen LogP contribution in [-0.4, -0.2) is 42.7 Å². The van der Waals surface area contributed by atoms with E-state index in [1.165, 1.54) is 5.69 Å². The van der Waals surface area contributed by atoms with E-state index >= 15 is 0 Å². The predicted molar refractivity (Wildman–Crippen MR) is 114 cm³/mol. The first-order valence-corrected chi connectivity index (χ1v) is 9.52. The van der Waals surface area contributed by atoms with Gasteiger partial charge in [-0.25, -0.2) is 0 Å². The van der Waals surface area contributed by atoms with Crippen LogP contribution in [-0.2, 0) is 7.05 Å². The van der Waals surface area contributed by atoms with Crippen LogP contribution in [0.25, 0.3) is 32.6 Å². The molecule has 0 spiro atoms. The predicted octanol–water partition coefficient (Wildman–Crippen LogP) is 3.60. The number of benzene rings is 2. The van der Waals surface area contributed by atoms with Crippen molar-refractivity contribution in [3.8, 4) is 0 Å². The molecule has 3 aromatic carbocycles. The van der Waals surface area contributed by atoms with E-state index in [0.717, 1.165) is 58.8 Å². The van der Waals surface area contributed by atoms with Gasteiger partial charge in [-0.15, -0.1) is 0 Å². The summed E-state index contributed by atoms with van der Waals surface area (Å²) in [5.41, 5.74) is 3.17. The summed E-state index contributed by atoms with van der Waals surface area (Å²) in [6, 6.07) is 18.6. The van der Waals surface area contributed by atoms with Gasteiger partial charge in [-0.05, 0) is 19.2 Å². The zero-order valence-corrected chi connectivity index (χ0v) is 15.8. The molecule has 0 atom stereocenters. The molecule has 1 aliphatic heterocycles. The molecule has 2 heterocycles. The SMILES string of the molecule is CN1CCN(c2cc3c4ccccc4n(C)c3c(=O)c3ccccc23)CC1. The Morgan fingerprint density at radius 2 is 1.37 bits per heavy atom. The van der Waals surface area contributed by atoms with Crippen molar-refractivity contribution in [3.05, 3.63) is 64.8 Å². The van der Waals surface area contributed by atoms with Gasteiger partial charge < -0.3 is 14.4 Å². The van der Waals surface area contributed by atoms with Gasteiger partial charge in [0.2, 0.25) is 5.43 Å². The van der Waals surface area contributed by atoms with Crippen molar-refractivity contribution in [2.45, 2.75) is 0 Å². The number of aryl methyl sites for hydroxylation is 1. The quantitative estimate of drug-likeness (QED) is 0.521. The summed E-state index contributed by atoms with van der Waals surface area (Å²) in [5.74, 6) is 0. The van der Waals surface area contributed by atoms with Crippen LogP contribution in [0.5, 0.6) is 0 Å². The summed E-state index contributed by atoms with van der Waals surface area (Å²) in [4.78, 5) is 18.3. The van der Waals surface area contributed by atoms with Gasteiger partial charge in [0.1, 0.15) is 0 Å². The molecule has 0 bridgehead atoms. The zero-order valence-electron chi connectivity index (χ0n) is 15.8. The molecule has 0 amide bonds. The Kier molecular flexibility index (Phi) is 3.69. The van der Waals surface area contributed by atoms with Gasteiger partial charge in [0.05, 0.1) is 5.52 Å². The monoisotopic (exact) mass is 357 g/mol. The van der Waals surface area contributed by atoms with Crippen molar-refractivity contribution >= 4 is 38.3 Å². The Labute approximate surface area is 158 Å². The molecule has 136 valence electrons. The second kappa shape index (κ2) is 6.10. The third-order valence-corrected chi connectivity index (χ3v) is 5.93. The first kappa shape index (κ1) is 16.3. The average molecular weight is 357 g/mol. The van der Waals surface area contributed by atoms with Gasteiger partial charge in [-0.3, -0.25) is 4.79 Å². The van der Waals surface area contributed by atoms with Gasteiger partial charge in [0.25, 0.3) is 0 Å². The Morgan fingerprint density at radius 3 is 2.11 bits per heavy atom. The molecule has 1 aromatic heterocycles. The van der Waals surface area contributed by atoms with E-state index in [1.54, 1.807) is 0 Å². The minimum Gasteiger partial charge on any atom is -0.368 e. The summed E-state index contributed by atoms with van der Waals surface area (Å²) in [6.45, 7) is 4.03. The minimum atomic E-state index is 0.111. The highest BCUT2D eigenvalue weighted by atomic mass is 16.1. The number of para-hydroxylation sites is 1. The molecule has 0 N–H and O–H groups in total. The Morgan fingerprint density at radius 1 is 0.741 bits per heavy atom. The van der Waals surface area contributed by atoms with Crippen LogP contribution < -0.4 is 10.3 Å². The number of hydrogen-bond acceptors (Lipinski definition) is 3. The van der Waals surface area contributed by atoms with Crippen LogP contribution in [0.1, 0.15) is 0 Å². The normalized spacial score (nSPS) is 15.9. The lowest BCUT2D eigenvalue weighted by Crippen LogP contribution is -2.44. The molecule has 27 heavy (non-hydrogen) atoms. The lowest BCUT2D eigenvalue weighted by Gasteiger charge is -2.34. The van der Waals surface area contributed by atoms with E-state index in [4.69, 9.17) is 0 Å². The van der Waals surface area contributed by atoms with Crippen LogP contribution in [0.2, 0.25) is 0 Å². The summed E-state index contributed by atoms with van der Waals surface area (Å²) in [7, 11) is 4.16. The van der Waals surface area contributed by atoms with Gasteiger partial charge in [-0.1, -0.05) is 42.5 Å². The van der Waals surface area contributed by atoms with Crippen molar-refractivity contribution in [2.24, 2.45) is 7.05 Å². The molecule has 1 fully saturated rings. The van der Waals surface area contributed by atoms with Gasteiger partial charge in [0.15, 0.2) is 0 Å². The van der Waals surface area contributed by atoms with Crippen LogP contribution in [0.15, 0.2) is 59.4 Å². The maximum absolute atomic E-state index is 13.5. The van der Waals surface area contributed by atoms with Crippen molar-refractivity contribution in [1.82, 2.24) is 9.47 Å². The fourth-order valence-electron chi connectivity index (χ4n) is 4.40. The minimum absolute atomic E-state index is 0.111. The molecular formula is C23H23N3O. The number of rotatable bonds is 1. The smallest absolute Gasteiger partial charge is 0.210 e. The van der Waals surface area contributed by atoms with E-state index < -0.39 is 0 Å². The number of piperazine rings is 1. The topological polar surface area (TPSA) is 28.5 Å². The molecule has 5 rings (SSSR count). The highest BCUT2D eigenvalue weighted by Crippen LogP contribution is 2.33. The summed E-state index contributed by atoms with van der Waals surface area (Å²) in [5, 5.41) is 4.03. The van der Waals surface area contributed by atoms with Crippen molar-refractivity contribution in [2.75, 3.05) is 38.1 Å². The molecule has 4 heteroatoms. The summed E-state index contributed by atoms with van der Waals surface area (Å²) in [6.07, 6.45) is 0. The second-order valence-electron chi connectivity index (χ2n) is 7.53. The van der Waals surface area contributed by atoms with Gasteiger partial charge in [0, 0.05) is 66.0 Å². The van der Waals surface area contributed by atoms with Gasteiger partial charge in [-0.2, -0.15) is 0 Å².